The summed E-state index contributed by atoms with van der Waals surface area (Å²) in [5.41, 5.74) is 7.63. The molecule has 0 aromatic heterocycles. The molecule has 0 aliphatic carbocycles. The summed E-state index contributed by atoms with van der Waals surface area (Å²) in [4.78, 5) is 2.18. The fourth-order valence-corrected chi connectivity index (χ4v) is 1.60. The molecule has 0 aliphatic heterocycles. The van der Waals surface area contributed by atoms with E-state index >= 15 is 0 Å². The highest BCUT2D eigenvalue weighted by atomic mass is 16.5. The molecule has 0 atom stereocenters. The Morgan fingerprint density at radius 2 is 2.00 bits per heavy atom. The summed E-state index contributed by atoms with van der Waals surface area (Å²) < 4.78 is 5.18. The first-order chi connectivity index (χ1) is 7.02. The van der Waals surface area contributed by atoms with E-state index in [-0.39, 0.29) is 0 Å². The molecule has 0 heterocycles. The van der Waals surface area contributed by atoms with Crippen LogP contribution < -0.4 is 15.4 Å². The van der Waals surface area contributed by atoms with E-state index in [1.807, 2.05) is 18.2 Å². The van der Waals surface area contributed by atoms with Gasteiger partial charge in [-0.3, -0.25) is 0 Å². The lowest BCUT2D eigenvalue weighted by Crippen LogP contribution is -2.22. The Labute approximate surface area is 91.8 Å². The lowest BCUT2D eigenvalue weighted by Gasteiger charge is -2.22. The first-order valence-corrected chi connectivity index (χ1v) is 5.18. The topological polar surface area (TPSA) is 38.5 Å². The van der Waals surface area contributed by atoms with Crippen molar-refractivity contribution in [3.8, 4) is 5.75 Å². The second-order valence-electron chi connectivity index (χ2n) is 4.24. The maximum atomic E-state index is 5.80. The molecule has 1 aromatic carbocycles. The molecule has 0 amide bonds. The second-order valence-corrected chi connectivity index (χ2v) is 4.24. The molecule has 1 rings (SSSR count). The van der Waals surface area contributed by atoms with Crippen molar-refractivity contribution < 1.29 is 4.74 Å². The van der Waals surface area contributed by atoms with Gasteiger partial charge in [-0.15, -0.1) is 0 Å². The average Bonchev–Trinajstić information content (AvgIpc) is 2.15. The highest BCUT2D eigenvalue weighted by molar-refractivity contribution is 5.60. The van der Waals surface area contributed by atoms with Gasteiger partial charge >= 0.3 is 0 Å². The van der Waals surface area contributed by atoms with Gasteiger partial charge in [0.2, 0.25) is 0 Å². The van der Waals surface area contributed by atoms with Gasteiger partial charge in [-0.2, -0.15) is 0 Å². The third-order valence-electron chi connectivity index (χ3n) is 2.23. The number of nitrogens with two attached hydrogens (primary N) is 1. The lowest BCUT2D eigenvalue weighted by atomic mass is 10.2. The van der Waals surface area contributed by atoms with E-state index in [4.69, 9.17) is 10.5 Å². The maximum absolute atomic E-state index is 5.80. The fourth-order valence-electron chi connectivity index (χ4n) is 1.60. The van der Waals surface area contributed by atoms with E-state index in [0.29, 0.717) is 5.92 Å². The number of rotatable bonds is 4. The Balaban J connectivity index is 2.88. The Kier molecular flexibility index (Phi) is 3.83. The second kappa shape index (κ2) is 4.91. The van der Waals surface area contributed by atoms with Crippen molar-refractivity contribution in [2.75, 3.05) is 31.3 Å². The molecular weight excluding hydrogens is 188 g/mol. The van der Waals surface area contributed by atoms with Crippen LogP contribution in [0.5, 0.6) is 5.75 Å². The van der Waals surface area contributed by atoms with Crippen molar-refractivity contribution >= 4 is 11.4 Å². The first-order valence-electron chi connectivity index (χ1n) is 5.18. The van der Waals surface area contributed by atoms with Gasteiger partial charge in [-0.05, 0) is 12.0 Å². The minimum absolute atomic E-state index is 0.627. The average molecular weight is 208 g/mol. The summed E-state index contributed by atoms with van der Waals surface area (Å²) in [5, 5.41) is 0. The molecule has 0 fully saturated rings. The van der Waals surface area contributed by atoms with Crippen molar-refractivity contribution in [1.29, 1.82) is 0 Å². The molecule has 1 aromatic rings. The van der Waals surface area contributed by atoms with E-state index in [1.54, 1.807) is 7.11 Å². The number of hydrogen-bond donors (Lipinski definition) is 1. The van der Waals surface area contributed by atoms with Crippen LogP contribution in [-0.2, 0) is 0 Å². The Bertz CT molecular complexity index is 323. The Hall–Kier alpha value is -1.38. The van der Waals surface area contributed by atoms with Crippen LogP contribution in [0.15, 0.2) is 18.2 Å². The number of nitrogens with zero attached hydrogens (tertiary/aromatic N) is 1. The van der Waals surface area contributed by atoms with Crippen LogP contribution in [0.25, 0.3) is 0 Å². The fraction of sp³-hybridized carbons (Fsp3) is 0.500. The van der Waals surface area contributed by atoms with Crippen LogP contribution in [0.1, 0.15) is 13.8 Å². The molecule has 15 heavy (non-hydrogen) atoms. The number of benzene rings is 1. The van der Waals surface area contributed by atoms with Crippen molar-refractivity contribution in [2.24, 2.45) is 5.92 Å². The van der Waals surface area contributed by atoms with E-state index in [0.717, 1.165) is 23.7 Å². The summed E-state index contributed by atoms with van der Waals surface area (Å²) in [6, 6.07) is 5.79. The normalized spacial score (nSPS) is 10.5. The quantitative estimate of drug-likeness (QED) is 0.772. The molecule has 0 bridgehead atoms. The summed E-state index contributed by atoms with van der Waals surface area (Å²) in [6.07, 6.45) is 0. The van der Waals surface area contributed by atoms with Crippen molar-refractivity contribution in [2.45, 2.75) is 13.8 Å². The molecule has 2 N–H and O–H groups in total. The van der Waals surface area contributed by atoms with Gasteiger partial charge in [-0.1, -0.05) is 13.8 Å². The van der Waals surface area contributed by atoms with Gasteiger partial charge in [0, 0.05) is 37.1 Å². The monoisotopic (exact) mass is 208 g/mol. The molecule has 3 heteroatoms. The van der Waals surface area contributed by atoms with Gasteiger partial charge in [-0.25, -0.2) is 0 Å². The van der Waals surface area contributed by atoms with Crippen molar-refractivity contribution in [3.05, 3.63) is 18.2 Å². The number of methoxy groups -OCH3 is 1. The third-order valence-corrected chi connectivity index (χ3v) is 2.23. The molecule has 0 saturated heterocycles. The number of anilines is 2. The standard InChI is InChI=1S/C12H20N2O/c1-9(2)8-14(3)11-5-10(13)6-12(7-11)15-4/h5-7,9H,8,13H2,1-4H3. The summed E-state index contributed by atoms with van der Waals surface area (Å²) in [5.74, 6) is 1.43. The highest BCUT2D eigenvalue weighted by Crippen LogP contribution is 2.24. The van der Waals surface area contributed by atoms with Crippen LogP contribution in [0.2, 0.25) is 0 Å². The van der Waals surface area contributed by atoms with Crippen molar-refractivity contribution in [1.82, 2.24) is 0 Å². The highest BCUT2D eigenvalue weighted by Gasteiger charge is 2.05. The summed E-state index contributed by atoms with van der Waals surface area (Å²) in [6.45, 7) is 5.40. The molecule has 0 aliphatic rings. The molecule has 84 valence electrons. The summed E-state index contributed by atoms with van der Waals surface area (Å²) in [7, 11) is 3.72. The van der Waals surface area contributed by atoms with Crippen LogP contribution in [0.3, 0.4) is 0 Å². The number of ether oxygens (including phenoxy) is 1. The van der Waals surface area contributed by atoms with E-state index < -0.39 is 0 Å². The van der Waals surface area contributed by atoms with Gasteiger partial charge in [0.1, 0.15) is 5.75 Å². The van der Waals surface area contributed by atoms with Crippen LogP contribution >= 0.6 is 0 Å². The molecule has 0 saturated carbocycles. The van der Waals surface area contributed by atoms with E-state index in [9.17, 15) is 0 Å². The minimum Gasteiger partial charge on any atom is -0.497 e. The van der Waals surface area contributed by atoms with Gasteiger partial charge < -0.3 is 15.4 Å². The molecular formula is C12H20N2O. The van der Waals surface area contributed by atoms with Crippen LogP contribution in [0, 0.1) is 5.92 Å². The molecule has 0 radical (unpaired) electrons. The Morgan fingerprint density at radius 1 is 1.33 bits per heavy atom. The number of hydrogen-bond acceptors (Lipinski definition) is 3. The van der Waals surface area contributed by atoms with E-state index in [1.165, 1.54) is 0 Å². The first kappa shape index (κ1) is 11.7. The maximum Gasteiger partial charge on any atom is 0.122 e. The largest absolute Gasteiger partial charge is 0.497 e. The smallest absolute Gasteiger partial charge is 0.122 e. The zero-order chi connectivity index (χ0) is 11.4. The van der Waals surface area contributed by atoms with E-state index in [2.05, 4.69) is 25.8 Å². The minimum atomic E-state index is 0.627. The predicted octanol–water partition coefficient (Wildman–Crippen LogP) is 2.37. The molecule has 3 nitrogen and oxygen atoms in total. The van der Waals surface area contributed by atoms with Gasteiger partial charge in [0.15, 0.2) is 0 Å². The molecule has 0 spiro atoms. The van der Waals surface area contributed by atoms with Gasteiger partial charge in [0.25, 0.3) is 0 Å². The zero-order valence-corrected chi connectivity index (χ0v) is 9.95. The SMILES string of the molecule is COc1cc(N)cc(N(C)CC(C)C)c1. The lowest BCUT2D eigenvalue weighted by molar-refractivity contribution is 0.415. The Morgan fingerprint density at radius 3 is 2.53 bits per heavy atom. The van der Waals surface area contributed by atoms with Crippen molar-refractivity contribution in [3.63, 3.8) is 0 Å². The summed E-state index contributed by atoms with van der Waals surface area (Å²) >= 11 is 0. The third kappa shape index (κ3) is 3.35. The predicted molar refractivity (Wildman–Crippen MR) is 65.5 cm³/mol. The van der Waals surface area contributed by atoms with Crippen LogP contribution in [-0.4, -0.2) is 20.7 Å². The van der Waals surface area contributed by atoms with Crippen LogP contribution in [0.4, 0.5) is 11.4 Å². The molecule has 0 unspecified atom stereocenters. The number of nitrogen functional groups attached to an aromatic ring is 1. The zero-order valence-electron chi connectivity index (χ0n) is 9.95. The van der Waals surface area contributed by atoms with Gasteiger partial charge in [0.05, 0.1) is 7.11 Å².